The van der Waals surface area contributed by atoms with Gasteiger partial charge in [-0.3, -0.25) is 14.8 Å². The van der Waals surface area contributed by atoms with E-state index in [4.69, 9.17) is 44.4 Å². The van der Waals surface area contributed by atoms with Gasteiger partial charge in [-0.05, 0) is 77.5 Å². The molecule has 6 aliphatic rings. The maximum absolute atomic E-state index is 12.6. The minimum Gasteiger partial charge on any atom is -0.442 e. The number of cyclic esters (lactones) is 2. The second-order valence-electron chi connectivity index (χ2n) is 13.9. The van der Waals surface area contributed by atoms with Crippen molar-refractivity contribution in [3.05, 3.63) is 66.0 Å². The van der Waals surface area contributed by atoms with Crippen molar-refractivity contribution in [3.63, 3.8) is 0 Å². The van der Waals surface area contributed by atoms with Crippen LogP contribution in [0.3, 0.4) is 0 Å². The number of rotatable bonds is 11. The Kier molecular flexibility index (Phi) is 8.49. The second kappa shape index (κ2) is 13.1. The molecule has 4 aliphatic carbocycles. The molecule has 3 heterocycles. The van der Waals surface area contributed by atoms with E-state index in [2.05, 4.69) is 39.9 Å². The molecule has 8 rings (SSSR count). The first-order chi connectivity index (χ1) is 24.3. The van der Waals surface area contributed by atoms with Gasteiger partial charge in [0.1, 0.15) is 12.2 Å². The van der Waals surface area contributed by atoms with E-state index >= 15 is 0 Å². The topological polar surface area (TPSA) is 144 Å². The molecule has 11 nitrogen and oxygen atoms in total. The Bertz CT molecular complexity index is 1760. The van der Waals surface area contributed by atoms with Crippen LogP contribution in [0.1, 0.15) is 36.9 Å². The Morgan fingerprint density at radius 3 is 1.78 bits per heavy atom. The van der Waals surface area contributed by atoms with Gasteiger partial charge in [0.25, 0.3) is 0 Å². The van der Waals surface area contributed by atoms with E-state index in [1.54, 1.807) is 16.0 Å². The average molecular weight is 706 g/mol. The number of carbonyl (C=O) groups is 2. The monoisotopic (exact) mass is 705 g/mol. The summed E-state index contributed by atoms with van der Waals surface area (Å²) in [6.07, 6.45) is 7.48. The number of fused-ring (bicyclic) bond motifs is 2. The lowest BCUT2D eigenvalue weighted by molar-refractivity contribution is 0.142. The average Bonchev–Trinajstić information content (AvgIpc) is 3.55. The van der Waals surface area contributed by atoms with Crippen molar-refractivity contribution < 1.29 is 19.1 Å². The number of aromatic nitrogens is 1. The highest BCUT2D eigenvalue weighted by Crippen LogP contribution is 2.58. The van der Waals surface area contributed by atoms with E-state index in [1.165, 1.54) is 11.1 Å². The quantitative estimate of drug-likeness (QED) is 0.291. The number of hydrogen-bond acceptors (Lipinski definition) is 9. The third-order valence-corrected chi connectivity index (χ3v) is 11.5. The maximum Gasteiger partial charge on any atom is 0.414 e. The van der Waals surface area contributed by atoms with Crippen molar-refractivity contribution in [1.29, 1.82) is 10.5 Å². The molecule has 6 unspecified atom stereocenters. The molecule has 2 aromatic rings. The van der Waals surface area contributed by atoms with Crippen LogP contribution in [0.4, 0.5) is 21.0 Å². The summed E-state index contributed by atoms with van der Waals surface area (Å²) in [5.41, 5.74) is 5.94. The predicted octanol–water partition coefficient (Wildman–Crippen LogP) is 5.39. The Balaban J connectivity index is 0.730. The van der Waals surface area contributed by atoms with Crippen molar-refractivity contribution in [2.24, 2.45) is 35.5 Å². The number of anilines is 2. The number of ether oxygens (including phenoxy) is 2. The number of hydrogen-bond donors (Lipinski definition) is 2. The van der Waals surface area contributed by atoms with Crippen molar-refractivity contribution >= 4 is 69.1 Å². The number of nitrogens with zero attached hydrogens (tertiary/aromatic N) is 5. The molecule has 0 bridgehead atoms. The number of benzene rings is 1. The highest BCUT2D eigenvalue weighted by Gasteiger charge is 2.53. The van der Waals surface area contributed by atoms with Gasteiger partial charge in [0.15, 0.2) is 0 Å². The van der Waals surface area contributed by atoms with Gasteiger partial charge >= 0.3 is 12.2 Å². The Labute approximate surface area is 300 Å². The van der Waals surface area contributed by atoms with E-state index < -0.39 is 6.09 Å². The summed E-state index contributed by atoms with van der Waals surface area (Å²) >= 11 is 11.0. The summed E-state index contributed by atoms with van der Waals surface area (Å²) in [5.74, 6) is 2.01. The van der Waals surface area contributed by atoms with Gasteiger partial charge in [0.2, 0.25) is 0 Å². The Hall–Kier alpha value is -4.85. The first-order valence-corrected chi connectivity index (χ1v) is 17.9. The molecule has 2 amide bonds. The number of pyridine rings is 1. The molecule has 8 atom stereocenters. The first-order valence-electron chi connectivity index (χ1n) is 17.1. The number of nitriles is 2. The fourth-order valence-electron chi connectivity index (χ4n) is 7.79. The molecule has 2 aliphatic heterocycles. The van der Waals surface area contributed by atoms with Gasteiger partial charge in [-0.1, -0.05) is 48.7 Å². The highest BCUT2D eigenvalue weighted by atomic mass is 32.1. The first kappa shape index (κ1) is 32.4. The molecular weight excluding hydrogens is 671 g/mol. The number of amides is 2. The molecule has 0 spiro atoms. The molecule has 13 heteroatoms. The zero-order valence-corrected chi connectivity index (χ0v) is 28.8. The van der Waals surface area contributed by atoms with Crippen molar-refractivity contribution in [1.82, 2.24) is 15.6 Å². The van der Waals surface area contributed by atoms with Crippen LogP contribution in [-0.2, 0) is 9.47 Å². The smallest absolute Gasteiger partial charge is 0.414 e. The number of thiocarbonyl (C=S) groups is 2. The molecule has 1 aromatic carbocycles. The lowest BCUT2D eigenvalue weighted by atomic mass is 10.0. The zero-order valence-electron chi connectivity index (χ0n) is 27.2. The van der Waals surface area contributed by atoms with Gasteiger partial charge in [0.05, 0.1) is 77.7 Å². The second-order valence-corrected chi connectivity index (χ2v) is 14.9. The summed E-state index contributed by atoms with van der Waals surface area (Å²) in [6, 6.07) is 16.5. The van der Waals surface area contributed by atoms with Crippen LogP contribution in [0, 0.1) is 58.2 Å². The van der Waals surface area contributed by atoms with Gasteiger partial charge in [-0.25, -0.2) is 9.59 Å². The maximum atomic E-state index is 12.6. The lowest BCUT2D eigenvalue weighted by Crippen LogP contribution is -2.36. The molecule has 254 valence electrons. The predicted molar refractivity (Wildman–Crippen MR) is 194 cm³/mol. The summed E-state index contributed by atoms with van der Waals surface area (Å²) in [4.78, 5) is 34.3. The van der Waals surface area contributed by atoms with Crippen LogP contribution in [0.25, 0.3) is 11.1 Å². The largest absolute Gasteiger partial charge is 0.442 e. The third kappa shape index (κ3) is 6.32. The summed E-state index contributed by atoms with van der Waals surface area (Å²) in [7, 11) is 0. The highest BCUT2D eigenvalue weighted by molar-refractivity contribution is 7.80. The van der Waals surface area contributed by atoms with Crippen LogP contribution in [0.5, 0.6) is 0 Å². The van der Waals surface area contributed by atoms with E-state index in [1.807, 2.05) is 36.4 Å². The van der Waals surface area contributed by atoms with Crippen molar-refractivity contribution in [2.45, 2.75) is 37.9 Å². The molecule has 2 saturated carbocycles. The summed E-state index contributed by atoms with van der Waals surface area (Å²) in [5, 5.41) is 24.7. The fourth-order valence-corrected chi connectivity index (χ4v) is 8.16. The van der Waals surface area contributed by atoms with Crippen LogP contribution in [0.15, 0.2) is 54.7 Å². The van der Waals surface area contributed by atoms with Crippen molar-refractivity contribution in [2.75, 3.05) is 36.0 Å². The normalized spacial score (nSPS) is 29.9. The third-order valence-electron chi connectivity index (χ3n) is 10.8. The van der Waals surface area contributed by atoms with Gasteiger partial charge in [-0.2, -0.15) is 10.5 Å². The molecule has 4 fully saturated rings. The Morgan fingerprint density at radius 1 is 0.780 bits per heavy atom. The summed E-state index contributed by atoms with van der Waals surface area (Å²) < 4.78 is 11.2. The minimum absolute atomic E-state index is 0.156. The van der Waals surface area contributed by atoms with E-state index in [0.29, 0.717) is 78.4 Å². The standard InChI is InChI=1S/C37H35N7O4S2/c38-13-31-27-9-21(10-28(27)31)20-1-3-23(4-2-20)43-18-25(47-36(43)45)16-41-34(49)7-8-35(50)42-17-26-19-44(37(46)48-26)24-5-6-33(40-15-24)22-11-29-30(12-22)32(29)14-39/h1-6,9,11,15,25-32H,7-8,10,12,16-19H2,(H,41,49)(H,42,50)/t25-,26-,27?,28?,29?,30?,31?,32?/m0/s1. The SMILES string of the molecule is N#CC1C2C=C(c3ccc(N4C[C@H](CNC(=S)CCC(=S)NC[C@H]5CN(c6ccc(C7=CC8C(C#N)C8C7)nc6)C(=O)O5)OC4=O)cc3)CC12. The van der Waals surface area contributed by atoms with Crippen LogP contribution < -0.4 is 20.4 Å². The molecule has 1 aromatic heterocycles. The molecule has 2 N–H and O–H groups in total. The van der Waals surface area contributed by atoms with Crippen LogP contribution >= 0.6 is 24.4 Å². The van der Waals surface area contributed by atoms with Crippen LogP contribution in [-0.4, -0.2) is 65.5 Å². The fraction of sp³-hybridized carbons (Fsp3) is 0.432. The van der Waals surface area contributed by atoms with E-state index in [0.717, 1.165) is 29.8 Å². The van der Waals surface area contributed by atoms with Crippen molar-refractivity contribution in [3.8, 4) is 12.1 Å². The van der Waals surface area contributed by atoms with Gasteiger partial charge in [-0.15, -0.1) is 0 Å². The zero-order chi connectivity index (χ0) is 34.5. The molecule has 50 heavy (non-hydrogen) atoms. The Morgan fingerprint density at radius 2 is 1.30 bits per heavy atom. The van der Waals surface area contributed by atoms with Gasteiger partial charge < -0.3 is 20.1 Å². The van der Waals surface area contributed by atoms with E-state index in [9.17, 15) is 9.59 Å². The number of carbonyl (C=O) groups excluding carboxylic acids is 2. The summed E-state index contributed by atoms with van der Waals surface area (Å²) in [6.45, 7) is 1.59. The van der Waals surface area contributed by atoms with Gasteiger partial charge in [0, 0.05) is 18.5 Å². The van der Waals surface area contributed by atoms with E-state index in [-0.39, 0.29) is 30.1 Å². The number of nitrogens with one attached hydrogen (secondary N) is 2. The lowest BCUT2D eigenvalue weighted by Gasteiger charge is -2.15. The van der Waals surface area contributed by atoms with Crippen LogP contribution in [0.2, 0.25) is 0 Å². The molecule has 2 saturated heterocycles. The minimum atomic E-state index is -0.419. The molecular formula is C37H35N7O4S2. The number of allylic oxidation sites excluding steroid dienone is 4. The molecule has 0 radical (unpaired) electrons.